The Bertz CT molecular complexity index is 412. The first-order valence-corrected chi connectivity index (χ1v) is 5.79. The molecule has 1 aromatic rings. The van der Waals surface area contributed by atoms with Gasteiger partial charge in [0.05, 0.1) is 5.56 Å². The summed E-state index contributed by atoms with van der Waals surface area (Å²) in [7, 11) is 0. The van der Waals surface area contributed by atoms with Crippen molar-refractivity contribution in [1.29, 1.82) is 0 Å². The lowest BCUT2D eigenvalue weighted by atomic mass is 9.80. The molecule has 1 aliphatic carbocycles. The van der Waals surface area contributed by atoms with Crippen LogP contribution in [0.2, 0.25) is 0 Å². The van der Waals surface area contributed by atoms with Crippen molar-refractivity contribution >= 4 is 5.97 Å². The number of hydrogen-bond donors (Lipinski definition) is 1. The summed E-state index contributed by atoms with van der Waals surface area (Å²) >= 11 is 0. The lowest BCUT2D eigenvalue weighted by Gasteiger charge is -2.26. The van der Waals surface area contributed by atoms with Crippen LogP contribution in [0, 0.1) is 11.8 Å². The van der Waals surface area contributed by atoms with Gasteiger partial charge in [-0.05, 0) is 42.7 Å². The quantitative estimate of drug-likeness (QED) is 0.831. The van der Waals surface area contributed by atoms with Crippen molar-refractivity contribution in [3.8, 4) is 0 Å². The Kier molecular flexibility index (Phi) is 2.95. The Hall–Kier alpha value is -1.38. The second kappa shape index (κ2) is 4.24. The molecule has 3 nitrogen and oxygen atoms in total. The van der Waals surface area contributed by atoms with Gasteiger partial charge in [0.25, 0.3) is 0 Å². The van der Waals surface area contributed by atoms with E-state index in [1.165, 1.54) is 12.6 Å². The predicted octanol–water partition coefficient (Wildman–Crippen LogP) is 2.54. The fourth-order valence-electron chi connectivity index (χ4n) is 2.33. The Balaban J connectivity index is 2.28. The first-order valence-electron chi connectivity index (χ1n) is 5.79. The van der Waals surface area contributed by atoms with E-state index >= 15 is 0 Å². The molecule has 2 rings (SSSR count). The molecule has 0 aliphatic heterocycles. The number of hydrogen-bond acceptors (Lipinski definition) is 2. The van der Waals surface area contributed by atoms with E-state index in [0.29, 0.717) is 17.4 Å². The minimum atomic E-state index is -0.887. The van der Waals surface area contributed by atoms with Gasteiger partial charge < -0.3 is 5.11 Å². The van der Waals surface area contributed by atoms with E-state index in [9.17, 15) is 4.79 Å². The molecule has 16 heavy (non-hydrogen) atoms. The number of carboxylic acid groups (broad SMARTS) is 1. The Labute approximate surface area is 95.5 Å². The van der Waals surface area contributed by atoms with Gasteiger partial charge in [-0.15, -0.1) is 0 Å². The molecule has 0 saturated heterocycles. The van der Waals surface area contributed by atoms with Crippen LogP contribution in [-0.2, 0) is 12.8 Å². The van der Waals surface area contributed by atoms with Gasteiger partial charge in [0, 0.05) is 11.9 Å². The van der Waals surface area contributed by atoms with E-state index < -0.39 is 5.97 Å². The summed E-state index contributed by atoms with van der Waals surface area (Å²) in [4.78, 5) is 15.1. The maximum Gasteiger partial charge on any atom is 0.337 e. The minimum Gasteiger partial charge on any atom is -0.478 e. The zero-order valence-electron chi connectivity index (χ0n) is 9.73. The molecule has 1 N–H and O–H groups in total. The van der Waals surface area contributed by atoms with Crippen LogP contribution < -0.4 is 0 Å². The maximum atomic E-state index is 10.9. The highest BCUT2D eigenvalue weighted by Gasteiger charge is 2.22. The van der Waals surface area contributed by atoms with E-state index in [-0.39, 0.29) is 0 Å². The normalized spacial score (nSPS) is 19.6. The molecule has 1 unspecified atom stereocenters. The number of aryl methyl sites for hydroxylation is 1. The highest BCUT2D eigenvalue weighted by molar-refractivity contribution is 5.87. The average molecular weight is 219 g/mol. The number of carboxylic acids is 1. The lowest BCUT2D eigenvalue weighted by Crippen LogP contribution is -2.20. The SMILES string of the molecule is CC(C)C1CCc2ncc(C(=O)O)cc2C1. The fraction of sp³-hybridized carbons (Fsp3) is 0.538. The highest BCUT2D eigenvalue weighted by atomic mass is 16.4. The molecule has 3 heteroatoms. The number of aromatic carboxylic acids is 1. The monoisotopic (exact) mass is 219 g/mol. The van der Waals surface area contributed by atoms with Crippen LogP contribution in [0.5, 0.6) is 0 Å². The topological polar surface area (TPSA) is 50.2 Å². The molecular formula is C13H17NO2. The molecular weight excluding hydrogens is 202 g/mol. The zero-order chi connectivity index (χ0) is 11.7. The molecule has 0 aromatic carbocycles. The van der Waals surface area contributed by atoms with Gasteiger partial charge in [0.2, 0.25) is 0 Å². The van der Waals surface area contributed by atoms with Gasteiger partial charge in [-0.25, -0.2) is 4.79 Å². The summed E-state index contributed by atoms with van der Waals surface area (Å²) in [6.07, 6.45) is 4.60. The molecule has 0 radical (unpaired) electrons. The number of aromatic nitrogens is 1. The van der Waals surface area contributed by atoms with Crippen molar-refractivity contribution < 1.29 is 9.90 Å². The summed E-state index contributed by atoms with van der Waals surface area (Å²) in [6, 6.07) is 1.79. The van der Waals surface area contributed by atoms with E-state index in [1.807, 2.05) is 0 Å². The van der Waals surface area contributed by atoms with Gasteiger partial charge in [0.15, 0.2) is 0 Å². The first kappa shape index (κ1) is 11.1. The molecule has 1 heterocycles. The van der Waals surface area contributed by atoms with Gasteiger partial charge in [0.1, 0.15) is 0 Å². The highest BCUT2D eigenvalue weighted by Crippen LogP contribution is 2.29. The summed E-state index contributed by atoms with van der Waals surface area (Å²) in [6.45, 7) is 4.45. The van der Waals surface area contributed by atoms with E-state index in [0.717, 1.165) is 24.1 Å². The van der Waals surface area contributed by atoms with Crippen LogP contribution in [0.25, 0.3) is 0 Å². The summed E-state index contributed by atoms with van der Waals surface area (Å²) < 4.78 is 0. The summed E-state index contributed by atoms with van der Waals surface area (Å²) in [5.41, 5.74) is 2.52. The molecule has 0 bridgehead atoms. The molecule has 0 saturated carbocycles. The number of fused-ring (bicyclic) bond motifs is 1. The van der Waals surface area contributed by atoms with Crippen LogP contribution in [0.3, 0.4) is 0 Å². The Morgan fingerprint density at radius 1 is 1.56 bits per heavy atom. The zero-order valence-corrected chi connectivity index (χ0v) is 9.73. The lowest BCUT2D eigenvalue weighted by molar-refractivity contribution is 0.0696. The van der Waals surface area contributed by atoms with Crippen molar-refractivity contribution in [2.75, 3.05) is 0 Å². The largest absolute Gasteiger partial charge is 0.478 e. The van der Waals surface area contributed by atoms with Crippen LogP contribution in [0.4, 0.5) is 0 Å². The molecule has 0 spiro atoms. The maximum absolute atomic E-state index is 10.9. The first-order chi connectivity index (χ1) is 7.58. The van der Waals surface area contributed by atoms with E-state index in [2.05, 4.69) is 18.8 Å². The van der Waals surface area contributed by atoms with Gasteiger partial charge >= 0.3 is 5.97 Å². The molecule has 0 amide bonds. The van der Waals surface area contributed by atoms with Crippen LogP contribution in [-0.4, -0.2) is 16.1 Å². The number of pyridine rings is 1. The number of rotatable bonds is 2. The second-order valence-corrected chi connectivity index (χ2v) is 4.88. The third-order valence-corrected chi connectivity index (χ3v) is 3.48. The van der Waals surface area contributed by atoms with Gasteiger partial charge in [-0.1, -0.05) is 13.8 Å². The van der Waals surface area contributed by atoms with Crippen molar-refractivity contribution in [2.45, 2.75) is 33.1 Å². The van der Waals surface area contributed by atoms with Crippen LogP contribution in [0.15, 0.2) is 12.3 Å². The van der Waals surface area contributed by atoms with Crippen molar-refractivity contribution in [3.05, 3.63) is 29.1 Å². The van der Waals surface area contributed by atoms with Crippen molar-refractivity contribution in [3.63, 3.8) is 0 Å². The molecule has 0 fully saturated rings. The van der Waals surface area contributed by atoms with Crippen molar-refractivity contribution in [2.24, 2.45) is 11.8 Å². The smallest absolute Gasteiger partial charge is 0.337 e. The third kappa shape index (κ3) is 2.08. The van der Waals surface area contributed by atoms with Crippen LogP contribution in [0.1, 0.15) is 41.9 Å². The molecule has 1 atom stereocenters. The predicted molar refractivity (Wildman–Crippen MR) is 61.5 cm³/mol. The molecule has 1 aromatic heterocycles. The van der Waals surface area contributed by atoms with Crippen LogP contribution >= 0.6 is 0 Å². The fourth-order valence-corrected chi connectivity index (χ4v) is 2.33. The standard InChI is InChI=1S/C13H17NO2/c1-8(2)9-3-4-12-10(5-9)6-11(7-14-12)13(15)16/h6-9H,3-5H2,1-2H3,(H,15,16). The second-order valence-electron chi connectivity index (χ2n) is 4.88. The third-order valence-electron chi connectivity index (χ3n) is 3.48. The van der Waals surface area contributed by atoms with Gasteiger partial charge in [-0.2, -0.15) is 0 Å². The summed E-state index contributed by atoms with van der Waals surface area (Å²) in [5.74, 6) is 0.432. The Morgan fingerprint density at radius 3 is 2.94 bits per heavy atom. The number of nitrogens with zero attached hydrogens (tertiary/aromatic N) is 1. The number of carbonyl (C=O) groups is 1. The average Bonchev–Trinajstić information content (AvgIpc) is 2.27. The summed E-state index contributed by atoms with van der Waals surface area (Å²) in [5, 5.41) is 8.92. The van der Waals surface area contributed by atoms with Crippen molar-refractivity contribution in [1.82, 2.24) is 4.98 Å². The van der Waals surface area contributed by atoms with E-state index in [4.69, 9.17) is 5.11 Å². The molecule has 1 aliphatic rings. The van der Waals surface area contributed by atoms with Gasteiger partial charge in [-0.3, -0.25) is 4.98 Å². The molecule has 86 valence electrons. The van der Waals surface area contributed by atoms with E-state index in [1.54, 1.807) is 6.07 Å². The Morgan fingerprint density at radius 2 is 2.31 bits per heavy atom. The minimum absolute atomic E-state index is 0.308.